The number of carbonyl (C=O) groups excluding carboxylic acids is 1. The molecule has 0 saturated carbocycles. The molecule has 0 fully saturated rings. The molecule has 2 aromatic heterocycles. The summed E-state index contributed by atoms with van der Waals surface area (Å²) < 4.78 is 23.7. The number of ether oxygens (including phenoxy) is 1. The number of benzene rings is 1. The summed E-state index contributed by atoms with van der Waals surface area (Å²) in [7, 11) is 0. The molecule has 4 rings (SSSR count). The van der Waals surface area contributed by atoms with Gasteiger partial charge in [0.1, 0.15) is 18.1 Å². The fraction of sp³-hybridized carbons (Fsp3) is 0.167. The summed E-state index contributed by atoms with van der Waals surface area (Å²) in [5.74, 6) is -0.301. The van der Waals surface area contributed by atoms with Crippen LogP contribution < -0.4 is 0 Å². The second-order valence-electron chi connectivity index (χ2n) is 5.61. The molecule has 0 aliphatic carbocycles. The number of hydrogen-bond donors (Lipinski definition) is 0. The monoisotopic (exact) mass is 372 g/mol. The van der Waals surface area contributed by atoms with E-state index < -0.39 is 12.1 Å². The number of esters is 1. The van der Waals surface area contributed by atoms with Crippen molar-refractivity contribution in [1.29, 1.82) is 0 Å². The number of oxime groups is 1. The highest BCUT2D eigenvalue weighted by Crippen LogP contribution is 2.25. The zero-order valence-electron chi connectivity index (χ0n) is 13.4. The van der Waals surface area contributed by atoms with Gasteiger partial charge < -0.3 is 14.1 Å². The number of rotatable bonds is 5. The van der Waals surface area contributed by atoms with Gasteiger partial charge in [-0.15, -0.1) is 11.3 Å². The summed E-state index contributed by atoms with van der Waals surface area (Å²) >= 11 is 1.53. The van der Waals surface area contributed by atoms with Gasteiger partial charge >= 0.3 is 5.97 Å². The maximum atomic E-state index is 13.3. The van der Waals surface area contributed by atoms with E-state index in [-0.39, 0.29) is 18.8 Å². The van der Waals surface area contributed by atoms with Gasteiger partial charge in [0.2, 0.25) is 6.10 Å². The molecule has 0 amide bonds. The van der Waals surface area contributed by atoms with Crippen LogP contribution in [0, 0.1) is 5.82 Å². The van der Waals surface area contributed by atoms with Gasteiger partial charge in [-0.1, -0.05) is 28.5 Å². The molecule has 26 heavy (non-hydrogen) atoms. The minimum Gasteiger partial charge on any atom is -0.456 e. The number of nitrogens with zero attached hydrogens (tertiary/aromatic N) is 2. The summed E-state index contributed by atoms with van der Waals surface area (Å²) in [5.41, 5.74) is 1.59. The predicted molar refractivity (Wildman–Crippen MR) is 92.0 cm³/mol. The van der Waals surface area contributed by atoms with Crippen LogP contribution in [0.3, 0.4) is 0 Å². The zero-order chi connectivity index (χ0) is 17.9. The Morgan fingerprint density at radius 2 is 2.23 bits per heavy atom. The van der Waals surface area contributed by atoms with Crippen LogP contribution in [0.1, 0.15) is 17.7 Å². The van der Waals surface area contributed by atoms with Crippen LogP contribution in [-0.2, 0) is 21.0 Å². The Morgan fingerprint density at radius 3 is 3.04 bits per heavy atom. The van der Waals surface area contributed by atoms with E-state index in [1.165, 1.54) is 23.5 Å². The van der Waals surface area contributed by atoms with Gasteiger partial charge in [0.05, 0.1) is 10.6 Å². The van der Waals surface area contributed by atoms with Crippen LogP contribution in [0.15, 0.2) is 57.5 Å². The second kappa shape index (κ2) is 7.09. The molecule has 0 radical (unpaired) electrons. The highest BCUT2D eigenvalue weighted by atomic mass is 32.1. The minimum absolute atomic E-state index is 0.0249. The van der Waals surface area contributed by atoms with E-state index in [1.807, 2.05) is 17.5 Å². The molecule has 0 N–H and O–H groups in total. The molecule has 1 aliphatic heterocycles. The number of thiophene rings is 1. The quantitative estimate of drug-likeness (QED) is 0.637. The first kappa shape index (κ1) is 16.5. The smallest absolute Gasteiger partial charge is 0.351 e. The highest BCUT2D eigenvalue weighted by molar-refractivity contribution is 7.13. The molecule has 0 spiro atoms. The normalized spacial score (nSPS) is 16.2. The lowest BCUT2D eigenvalue weighted by molar-refractivity contribution is -0.157. The first-order valence-electron chi connectivity index (χ1n) is 7.84. The first-order valence-corrected chi connectivity index (χ1v) is 8.72. The van der Waals surface area contributed by atoms with Crippen molar-refractivity contribution in [1.82, 2.24) is 5.16 Å². The Kier molecular flexibility index (Phi) is 4.49. The average Bonchev–Trinajstić information content (AvgIpc) is 3.40. The van der Waals surface area contributed by atoms with Gasteiger partial charge in [-0.25, -0.2) is 9.18 Å². The third-order valence-corrected chi connectivity index (χ3v) is 4.66. The Hall–Kier alpha value is -3.00. The summed E-state index contributed by atoms with van der Waals surface area (Å²) in [5, 5.41) is 9.68. The second-order valence-corrected chi connectivity index (χ2v) is 6.56. The van der Waals surface area contributed by atoms with Crippen LogP contribution >= 0.6 is 11.3 Å². The molecule has 1 unspecified atom stereocenters. The molecule has 3 heterocycles. The molecular formula is C18H13FN2O4S. The lowest BCUT2D eigenvalue weighted by Gasteiger charge is -2.07. The molecular weight excluding hydrogens is 359 g/mol. The van der Waals surface area contributed by atoms with Crippen molar-refractivity contribution >= 4 is 23.0 Å². The Bertz CT molecular complexity index is 952. The summed E-state index contributed by atoms with van der Waals surface area (Å²) in [6.07, 6.45) is -0.626. The van der Waals surface area contributed by atoms with E-state index >= 15 is 0 Å². The standard InChI is InChI=1S/C18H13FN2O4S/c19-12-4-1-3-11(7-12)14-9-16(25-21-14)18(22)23-10-13-8-15(24-20-13)17-5-2-6-26-17/h1-8,16H,9-10H2. The summed E-state index contributed by atoms with van der Waals surface area (Å²) in [6.45, 7) is -0.0249. The van der Waals surface area contributed by atoms with Crippen molar-refractivity contribution in [2.24, 2.45) is 5.16 Å². The van der Waals surface area contributed by atoms with Gasteiger partial charge in [-0.05, 0) is 23.6 Å². The average molecular weight is 372 g/mol. The largest absolute Gasteiger partial charge is 0.456 e. The molecule has 0 bridgehead atoms. The third-order valence-electron chi connectivity index (χ3n) is 3.77. The molecule has 6 nitrogen and oxygen atoms in total. The predicted octanol–water partition coefficient (Wildman–Crippen LogP) is 3.78. The van der Waals surface area contributed by atoms with E-state index in [0.717, 1.165) is 4.88 Å². The van der Waals surface area contributed by atoms with Crippen LogP contribution in [-0.4, -0.2) is 22.9 Å². The zero-order valence-corrected chi connectivity index (χ0v) is 14.2. The molecule has 132 valence electrons. The van der Waals surface area contributed by atoms with Crippen molar-refractivity contribution < 1.29 is 23.3 Å². The number of carbonyl (C=O) groups is 1. The molecule has 8 heteroatoms. The maximum absolute atomic E-state index is 13.3. The van der Waals surface area contributed by atoms with Gasteiger partial charge in [0.15, 0.2) is 5.76 Å². The SMILES string of the molecule is O=C(OCc1cc(-c2cccs2)on1)C1CC(c2cccc(F)c2)=NO1. The van der Waals surface area contributed by atoms with Crippen molar-refractivity contribution in [2.75, 3.05) is 0 Å². The maximum Gasteiger partial charge on any atom is 0.351 e. The van der Waals surface area contributed by atoms with E-state index in [0.29, 0.717) is 22.7 Å². The highest BCUT2D eigenvalue weighted by Gasteiger charge is 2.30. The van der Waals surface area contributed by atoms with E-state index in [9.17, 15) is 9.18 Å². The fourth-order valence-corrected chi connectivity index (χ4v) is 3.17. The van der Waals surface area contributed by atoms with Gasteiger partial charge in [-0.2, -0.15) is 0 Å². The summed E-state index contributed by atoms with van der Waals surface area (Å²) in [6, 6.07) is 11.5. The van der Waals surface area contributed by atoms with Crippen molar-refractivity contribution in [3.05, 3.63) is 64.9 Å². The minimum atomic E-state index is -0.850. The van der Waals surface area contributed by atoms with Crippen molar-refractivity contribution in [3.8, 4) is 10.6 Å². The lowest BCUT2D eigenvalue weighted by atomic mass is 10.1. The van der Waals surface area contributed by atoms with E-state index in [1.54, 1.807) is 18.2 Å². The van der Waals surface area contributed by atoms with Gasteiger partial charge in [0.25, 0.3) is 0 Å². The Labute approximate surface area is 151 Å². The van der Waals surface area contributed by atoms with Crippen molar-refractivity contribution in [2.45, 2.75) is 19.1 Å². The summed E-state index contributed by atoms with van der Waals surface area (Å²) in [4.78, 5) is 18.2. The van der Waals surface area contributed by atoms with E-state index in [2.05, 4.69) is 10.3 Å². The first-order chi connectivity index (χ1) is 12.7. The Balaban J connectivity index is 1.32. The number of halogens is 1. The number of aromatic nitrogens is 1. The van der Waals surface area contributed by atoms with Gasteiger partial charge in [0, 0.05) is 18.1 Å². The number of hydrogen-bond acceptors (Lipinski definition) is 7. The molecule has 1 atom stereocenters. The molecule has 1 aromatic carbocycles. The van der Waals surface area contributed by atoms with Crippen LogP contribution in [0.25, 0.3) is 10.6 Å². The molecule has 0 saturated heterocycles. The molecule has 1 aliphatic rings. The van der Waals surface area contributed by atoms with Crippen LogP contribution in [0.5, 0.6) is 0 Å². The lowest BCUT2D eigenvalue weighted by Crippen LogP contribution is -2.23. The third kappa shape index (κ3) is 3.50. The Morgan fingerprint density at radius 1 is 1.31 bits per heavy atom. The van der Waals surface area contributed by atoms with Crippen LogP contribution in [0.2, 0.25) is 0 Å². The molecule has 3 aromatic rings. The fourth-order valence-electron chi connectivity index (χ4n) is 2.50. The topological polar surface area (TPSA) is 73.9 Å². The van der Waals surface area contributed by atoms with Gasteiger partial charge in [-0.3, -0.25) is 0 Å². The van der Waals surface area contributed by atoms with Crippen LogP contribution in [0.4, 0.5) is 4.39 Å². The van der Waals surface area contributed by atoms with Crippen molar-refractivity contribution in [3.63, 3.8) is 0 Å². The van der Waals surface area contributed by atoms with E-state index in [4.69, 9.17) is 14.1 Å².